The van der Waals surface area contributed by atoms with Crippen LogP contribution in [0.4, 0.5) is 11.6 Å². The number of ketones is 1. The van der Waals surface area contributed by atoms with Gasteiger partial charge in [-0.05, 0) is 99.1 Å². The third kappa shape index (κ3) is 6.13. The van der Waals surface area contributed by atoms with Gasteiger partial charge >= 0.3 is 0 Å². The van der Waals surface area contributed by atoms with Crippen molar-refractivity contribution in [2.75, 3.05) is 31.6 Å². The first-order valence-electron chi connectivity index (χ1n) is 13.7. The maximum Gasteiger partial charge on any atom is 0.229 e. The summed E-state index contributed by atoms with van der Waals surface area (Å²) >= 11 is 1.73. The van der Waals surface area contributed by atoms with Gasteiger partial charge in [0.25, 0.3) is 0 Å². The highest BCUT2D eigenvalue weighted by atomic mass is 32.1. The first-order chi connectivity index (χ1) is 19.1. The number of hydrogen-bond donors (Lipinski definition) is 2. The second kappa shape index (κ2) is 11.6. The van der Waals surface area contributed by atoms with Crippen LogP contribution in [0.25, 0.3) is 31.7 Å². The van der Waals surface area contributed by atoms with Gasteiger partial charge in [-0.3, -0.25) is 4.90 Å². The molecule has 6 rings (SSSR count). The number of carbonyl (C=O) groups is 1. The van der Waals surface area contributed by atoms with E-state index in [9.17, 15) is 4.79 Å². The van der Waals surface area contributed by atoms with Gasteiger partial charge in [0, 0.05) is 34.9 Å². The highest BCUT2D eigenvalue weighted by Gasteiger charge is 2.15. The minimum atomic E-state index is 0.245. The Morgan fingerprint density at radius 2 is 1.92 bits per heavy atom. The van der Waals surface area contributed by atoms with Crippen LogP contribution in [0.15, 0.2) is 60.8 Å². The normalized spacial score (nSPS) is 13.9. The van der Waals surface area contributed by atoms with Gasteiger partial charge in [-0.25, -0.2) is 4.98 Å². The van der Waals surface area contributed by atoms with Crippen LogP contribution in [-0.2, 0) is 11.2 Å². The third-order valence-corrected chi connectivity index (χ3v) is 8.33. The lowest BCUT2D eigenvalue weighted by atomic mass is 10.1. The quantitative estimate of drug-likeness (QED) is 0.189. The number of Topliss-reactive ketones (excluding diaryl/α,β-unsaturated/α-hetero) is 1. The Morgan fingerprint density at radius 3 is 2.74 bits per heavy atom. The van der Waals surface area contributed by atoms with Crippen molar-refractivity contribution in [3.8, 4) is 16.3 Å². The molecule has 5 aromatic rings. The third-order valence-electron chi connectivity index (χ3n) is 7.21. The zero-order chi connectivity index (χ0) is 26.6. The molecule has 0 radical (unpaired) electrons. The summed E-state index contributed by atoms with van der Waals surface area (Å²) in [6, 6.07) is 18.8. The molecular weight excluding hydrogens is 506 g/mol. The van der Waals surface area contributed by atoms with Crippen LogP contribution in [0.1, 0.15) is 38.2 Å². The average Bonchev–Trinajstić information content (AvgIpc) is 3.70. The van der Waals surface area contributed by atoms with Crippen molar-refractivity contribution in [2.24, 2.45) is 0 Å². The monoisotopic (exact) mass is 539 g/mol. The highest BCUT2D eigenvalue weighted by molar-refractivity contribution is 7.22. The summed E-state index contributed by atoms with van der Waals surface area (Å²) in [4.78, 5) is 27.8. The SMILES string of the molecule is CC(=O)CCCc1ccc2sc(-c3nc(Nc4ccc(OCCN5CCCC5)cc4)nc4[nH]ccc34)cc2c1. The Hall–Kier alpha value is -3.75. The van der Waals surface area contributed by atoms with Crippen LogP contribution in [0, 0.1) is 0 Å². The fourth-order valence-corrected chi connectivity index (χ4v) is 6.20. The number of aromatic nitrogens is 3. The molecule has 2 N–H and O–H groups in total. The average molecular weight is 540 g/mol. The summed E-state index contributed by atoms with van der Waals surface area (Å²) < 4.78 is 7.17. The van der Waals surface area contributed by atoms with Gasteiger partial charge in [-0.2, -0.15) is 4.98 Å². The van der Waals surface area contributed by atoms with Gasteiger partial charge in [-0.1, -0.05) is 12.1 Å². The number of rotatable bonds is 11. The summed E-state index contributed by atoms with van der Waals surface area (Å²) in [6.07, 6.45) is 6.92. The van der Waals surface area contributed by atoms with Crippen molar-refractivity contribution in [3.63, 3.8) is 0 Å². The van der Waals surface area contributed by atoms with E-state index < -0.39 is 0 Å². The van der Waals surface area contributed by atoms with Crippen LogP contribution < -0.4 is 10.1 Å². The minimum absolute atomic E-state index is 0.245. The number of nitrogens with one attached hydrogen (secondary N) is 2. The van der Waals surface area contributed by atoms with E-state index in [0.29, 0.717) is 19.0 Å². The van der Waals surface area contributed by atoms with E-state index in [4.69, 9.17) is 14.7 Å². The lowest BCUT2D eigenvalue weighted by Crippen LogP contribution is -2.25. The van der Waals surface area contributed by atoms with Crippen molar-refractivity contribution < 1.29 is 9.53 Å². The number of carbonyl (C=O) groups excluding carboxylic acids is 1. The summed E-state index contributed by atoms with van der Waals surface area (Å²) in [5.41, 5.74) is 3.87. The molecule has 0 saturated carbocycles. The minimum Gasteiger partial charge on any atom is -0.492 e. The highest BCUT2D eigenvalue weighted by Crippen LogP contribution is 2.37. The molecule has 39 heavy (non-hydrogen) atoms. The second-order valence-electron chi connectivity index (χ2n) is 10.2. The van der Waals surface area contributed by atoms with Gasteiger partial charge in [0.15, 0.2) is 0 Å². The molecule has 0 atom stereocenters. The predicted molar refractivity (Wildman–Crippen MR) is 159 cm³/mol. The molecule has 7 nitrogen and oxygen atoms in total. The molecule has 3 aromatic heterocycles. The van der Waals surface area contributed by atoms with Gasteiger partial charge < -0.3 is 19.8 Å². The largest absolute Gasteiger partial charge is 0.492 e. The van der Waals surface area contributed by atoms with Crippen LogP contribution in [0.5, 0.6) is 5.75 Å². The van der Waals surface area contributed by atoms with Crippen LogP contribution in [0.2, 0.25) is 0 Å². The molecule has 200 valence electrons. The number of nitrogens with zero attached hydrogens (tertiary/aromatic N) is 3. The number of likely N-dealkylation sites (tertiary alicyclic amines) is 1. The van der Waals surface area contributed by atoms with E-state index in [0.717, 1.165) is 52.4 Å². The Morgan fingerprint density at radius 1 is 1.08 bits per heavy atom. The van der Waals surface area contributed by atoms with E-state index >= 15 is 0 Å². The van der Waals surface area contributed by atoms with Gasteiger partial charge in [0.1, 0.15) is 23.8 Å². The smallest absolute Gasteiger partial charge is 0.229 e. The molecule has 1 aliphatic rings. The van der Waals surface area contributed by atoms with Gasteiger partial charge in [0.05, 0.1) is 10.6 Å². The van der Waals surface area contributed by atoms with Crippen LogP contribution in [0.3, 0.4) is 0 Å². The Balaban J connectivity index is 1.18. The van der Waals surface area contributed by atoms with E-state index in [1.54, 1.807) is 18.3 Å². The Kier molecular flexibility index (Phi) is 7.56. The number of aryl methyl sites for hydroxylation is 1. The van der Waals surface area contributed by atoms with E-state index in [2.05, 4.69) is 39.5 Å². The number of anilines is 2. The summed E-state index contributed by atoms with van der Waals surface area (Å²) in [7, 11) is 0. The number of benzene rings is 2. The molecular formula is C31H33N5O2S. The molecule has 2 aromatic carbocycles. The van der Waals surface area contributed by atoms with Crippen LogP contribution in [-0.4, -0.2) is 51.9 Å². The number of fused-ring (bicyclic) bond motifs is 2. The first kappa shape index (κ1) is 25.5. The fraction of sp³-hybridized carbons (Fsp3) is 0.323. The number of ether oxygens (including phenoxy) is 1. The van der Waals surface area contributed by atoms with E-state index in [-0.39, 0.29) is 5.78 Å². The second-order valence-corrected chi connectivity index (χ2v) is 11.3. The summed E-state index contributed by atoms with van der Waals surface area (Å²) in [5, 5.41) is 5.57. The molecule has 0 bridgehead atoms. The zero-order valence-electron chi connectivity index (χ0n) is 22.2. The molecule has 1 aliphatic heterocycles. The number of thiophene rings is 1. The molecule has 4 heterocycles. The summed E-state index contributed by atoms with van der Waals surface area (Å²) in [6.45, 7) is 5.71. The molecule has 0 spiro atoms. The summed E-state index contributed by atoms with van der Waals surface area (Å²) in [5.74, 6) is 1.66. The molecule has 8 heteroatoms. The Bertz CT molecular complexity index is 1580. The molecule has 1 saturated heterocycles. The predicted octanol–water partition coefficient (Wildman–Crippen LogP) is 6.97. The fourth-order valence-electron chi connectivity index (χ4n) is 5.15. The zero-order valence-corrected chi connectivity index (χ0v) is 23.0. The lowest BCUT2D eigenvalue weighted by Gasteiger charge is -2.15. The molecule has 0 amide bonds. The standard InChI is InChI=1S/C31H33N5O2S/c1-21(37)5-4-6-22-7-12-27-23(19-22)20-28(39-27)29-26-13-14-32-30(26)35-31(34-29)33-24-8-10-25(11-9-24)38-18-17-36-15-2-3-16-36/h7-14,19-20H,2-6,15-18H2,1H3,(H2,32,33,34,35). The van der Waals surface area contributed by atoms with Crippen LogP contribution >= 0.6 is 11.3 Å². The lowest BCUT2D eigenvalue weighted by molar-refractivity contribution is -0.117. The van der Waals surface area contributed by atoms with Crippen molar-refractivity contribution in [3.05, 3.63) is 66.4 Å². The van der Waals surface area contributed by atoms with Gasteiger partial charge in [0.2, 0.25) is 5.95 Å². The number of aromatic amines is 1. The van der Waals surface area contributed by atoms with E-state index in [1.807, 2.05) is 36.5 Å². The Labute approximate surface area is 232 Å². The maximum absolute atomic E-state index is 11.3. The number of H-pyrrole nitrogens is 1. The van der Waals surface area contributed by atoms with Crippen molar-refractivity contribution >= 4 is 49.9 Å². The molecule has 0 unspecified atom stereocenters. The molecule has 0 aliphatic carbocycles. The van der Waals surface area contributed by atoms with Crippen molar-refractivity contribution in [1.82, 2.24) is 19.9 Å². The van der Waals surface area contributed by atoms with E-state index in [1.165, 1.54) is 41.6 Å². The topological polar surface area (TPSA) is 83.1 Å². The molecule has 1 fully saturated rings. The van der Waals surface area contributed by atoms with Crippen molar-refractivity contribution in [2.45, 2.75) is 39.0 Å². The van der Waals surface area contributed by atoms with Crippen molar-refractivity contribution in [1.29, 1.82) is 0 Å². The maximum atomic E-state index is 11.3. The van der Waals surface area contributed by atoms with Gasteiger partial charge in [-0.15, -0.1) is 11.3 Å². The number of hydrogen-bond acceptors (Lipinski definition) is 7. The first-order valence-corrected chi connectivity index (χ1v) is 14.5.